The Morgan fingerprint density at radius 2 is 1.81 bits per heavy atom. The number of carbonyl (C=O) groups is 2. The Morgan fingerprint density at radius 3 is 2.48 bits per heavy atom. The molecule has 1 N–H and O–H groups in total. The summed E-state index contributed by atoms with van der Waals surface area (Å²) < 4.78 is 13.1. The Balaban J connectivity index is 1.63. The van der Waals surface area contributed by atoms with E-state index in [9.17, 15) is 19.1 Å². The van der Waals surface area contributed by atoms with Gasteiger partial charge in [0.2, 0.25) is 0 Å². The number of carbonyl (C=O) groups excluding carboxylic acids is 2. The van der Waals surface area contributed by atoms with Crippen molar-refractivity contribution in [3.63, 3.8) is 0 Å². The van der Waals surface area contributed by atoms with Crippen molar-refractivity contribution in [1.82, 2.24) is 4.90 Å². The maximum Gasteiger partial charge on any atom is 0.253 e. The van der Waals surface area contributed by atoms with Crippen LogP contribution in [-0.4, -0.2) is 49.5 Å². The van der Waals surface area contributed by atoms with Crippen molar-refractivity contribution in [1.29, 1.82) is 0 Å². The highest BCUT2D eigenvalue weighted by molar-refractivity contribution is 5.94. The van der Waals surface area contributed by atoms with E-state index in [0.29, 0.717) is 25.1 Å². The largest absolute Gasteiger partial charge is 0.550 e. The maximum absolute atomic E-state index is 13.1. The predicted molar refractivity (Wildman–Crippen MR) is 97.6 cm³/mol. The fourth-order valence-corrected chi connectivity index (χ4v) is 4.54. The van der Waals surface area contributed by atoms with Crippen LogP contribution < -0.4 is 10.0 Å². The van der Waals surface area contributed by atoms with Crippen molar-refractivity contribution >= 4 is 11.9 Å². The number of likely N-dealkylation sites (tertiary alicyclic amines) is 2. The lowest BCUT2D eigenvalue weighted by Gasteiger charge is -2.39. The number of hydrogen-bond donors (Lipinski definition) is 1. The van der Waals surface area contributed by atoms with Crippen LogP contribution in [0.25, 0.3) is 0 Å². The first-order valence-electron chi connectivity index (χ1n) is 10.1. The average molecular weight is 376 g/mol. The van der Waals surface area contributed by atoms with Gasteiger partial charge in [-0.15, -0.1) is 0 Å². The Hall–Kier alpha value is -1.95. The summed E-state index contributed by atoms with van der Waals surface area (Å²) in [4.78, 5) is 27.3. The van der Waals surface area contributed by atoms with E-state index in [0.717, 1.165) is 13.0 Å². The average Bonchev–Trinajstić information content (AvgIpc) is 2.67. The van der Waals surface area contributed by atoms with E-state index in [1.165, 1.54) is 56.6 Å². The van der Waals surface area contributed by atoms with Gasteiger partial charge >= 0.3 is 0 Å². The molecule has 0 bridgehead atoms. The third-order valence-electron chi connectivity index (χ3n) is 6.13. The molecule has 2 saturated heterocycles. The monoisotopic (exact) mass is 376 g/mol. The minimum Gasteiger partial charge on any atom is -0.550 e. The van der Waals surface area contributed by atoms with Gasteiger partial charge in [0, 0.05) is 31.0 Å². The number of halogens is 1. The summed E-state index contributed by atoms with van der Waals surface area (Å²) in [6, 6.07) is 5.62. The van der Waals surface area contributed by atoms with E-state index in [2.05, 4.69) is 0 Å². The molecule has 0 aliphatic carbocycles. The van der Waals surface area contributed by atoms with Crippen LogP contribution >= 0.6 is 0 Å². The van der Waals surface area contributed by atoms with E-state index in [4.69, 9.17) is 0 Å². The smallest absolute Gasteiger partial charge is 0.253 e. The molecule has 148 valence electrons. The van der Waals surface area contributed by atoms with Gasteiger partial charge < -0.3 is 19.7 Å². The summed E-state index contributed by atoms with van der Waals surface area (Å²) in [7, 11) is 0. The zero-order valence-electron chi connectivity index (χ0n) is 15.8. The van der Waals surface area contributed by atoms with Crippen molar-refractivity contribution in [3.05, 3.63) is 35.6 Å². The van der Waals surface area contributed by atoms with Gasteiger partial charge in [-0.1, -0.05) is 0 Å². The lowest BCUT2D eigenvalue weighted by Crippen LogP contribution is -3.12. The lowest BCUT2D eigenvalue weighted by molar-refractivity contribution is -0.905. The molecule has 2 atom stereocenters. The Morgan fingerprint density at radius 1 is 1.11 bits per heavy atom. The molecular weight excluding hydrogens is 347 g/mol. The number of aliphatic carboxylic acids is 1. The summed E-state index contributed by atoms with van der Waals surface area (Å²) in [6.45, 7) is 4.53. The number of hydrogen-bond acceptors (Lipinski definition) is 3. The molecule has 1 amide bonds. The summed E-state index contributed by atoms with van der Waals surface area (Å²) >= 11 is 0. The third-order valence-corrected chi connectivity index (χ3v) is 6.13. The number of benzene rings is 1. The molecule has 5 nitrogen and oxygen atoms in total. The van der Waals surface area contributed by atoms with Gasteiger partial charge in [-0.3, -0.25) is 4.79 Å². The number of carboxylic acid groups (broad SMARTS) is 1. The fraction of sp³-hybridized carbons (Fsp3) is 0.619. The summed E-state index contributed by atoms with van der Waals surface area (Å²) in [5, 5.41) is 11.2. The fourth-order valence-electron chi connectivity index (χ4n) is 4.54. The van der Waals surface area contributed by atoms with E-state index in [1.54, 1.807) is 9.80 Å². The zero-order valence-corrected chi connectivity index (χ0v) is 15.8. The normalized spacial score (nSPS) is 24.0. The highest BCUT2D eigenvalue weighted by Gasteiger charge is 2.32. The van der Waals surface area contributed by atoms with Crippen LogP contribution in [-0.2, 0) is 4.79 Å². The van der Waals surface area contributed by atoms with E-state index >= 15 is 0 Å². The number of rotatable bonds is 6. The highest BCUT2D eigenvalue weighted by atomic mass is 19.1. The Bertz CT molecular complexity index is 643. The molecule has 2 aliphatic rings. The second-order valence-electron chi connectivity index (χ2n) is 7.99. The molecule has 6 heteroatoms. The number of nitrogens with one attached hydrogen (secondary N) is 1. The van der Waals surface area contributed by atoms with Crippen molar-refractivity contribution < 1.29 is 24.0 Å². The number of piperidine rings is 2. The lowest BCUT2D eigenvalue weighted by atomic mass is 9.80. The van der Waals surface area contributed by atoms with Crippen molar-refractivity contribution in [2.75, 3.05) is 32.7 Å². The van der Waals surface area contributed by atoms with Gasteiger partial charge in [-0.2, -0.15) is 0 Å². The second-order valence-corrected chi connectivity index (χ2v) is 7.99. The summed E-state index contributed by atoms with van der Waals surface area (Å²) in [6.07, 6.45) is 5.51. The molecule has 2 aliphatic heterocycles. The van der Waals surface area contributed by atoms with Gasteiger partial charge in [-0.25, -0.2) is 4.39 Å². The molecule has 0 radical (unpaired) electrons. The summed E-state index contributed by atoms with van der Waals surface area (Å²) in [5.74, 6) is -1.22. The van der Waals surface area contributed by atoms with E-state index in [1.807, 2.05) is 0 Å². The van der Waals surface area contributed by atoms with Crippen LogP contribution in [0.5, 0.6) is 0 Å². The van der Waals surface area contributed by atoms with Crippen LogP contribution in [0.4, 0.5) is 4.39 Å². The highest BCUT2D eigenvalue weighted by Crippen LogP contribution is 2.29. The van der Waals surface area contributed by atoms with Crippen LogP contribution in [0.15, 0.2) is 24.3 Å². The molecule has 27 heavy (non-hydrogen) atoms. The zero-order chi connectivity index (χ0) is 19.2. The van der Waals surface area contributed by atoms with Gasteiger partial charge in [0.1, 0.15) is 5.82 Å². The summed E-state index contributed by atoms with van der Waals surface area (Å²) in [5.41, 5.74) is 0.482. The van der Waals surface area contributed by atoms with Gasteiger partial charge in [0.25, 0.3) is 5.91 Å². The molecule has 2 heterocycles. The standard InChI is InChI=1S/C21H29FN2O3/c22-19-6-4-16(5-7-19)21(27)24-13-9-17(14-20(25)26)18(15-24)8-12-23-10-2-1-3-11-23/h4-7,17-18H,1-3,8-15H2,(H,25,26)/t17-,18-/m0/s1. The Labute approximate surface area is 160 Å². The van der Waals surface area contributed by atoms with E-state index in [-0.39, 0.29) is 30.0 Å². The molecule has 0 saturated carbocycles. The van der Waals surface area contributed by atoms with Crippen molar-refractivity contribution in [2.45, 2.75) is 38.5 Å². The molecule has 2 fully saturated rings. The second kappa shape index (κ2) is 9.31. The van der Waals surface area contributed by atoms with Crippen LogP contribution in [0, 0.1) is 17.7 Å². The number of carboxylic acids is 1. The van der Waals surface area contributed by atoms with Crippen molar-refractivity contribution in [3.8, 4) is 0 Å². The molecule has 1 aromatic rings. The molecule has 0 spiro atoms. The molecule has 1 aromatic carbocycles. The first kappa shape index (κ1) is 19.8. The maximum atomic E-state index is 13.1. The quantitative estimate of drug-likeness (QED) is 0.787. The molecule has 0 unspecified atom stereocenters. The van der Waals surface area contributed by atoms with Crippen LogP contribution in [0.2, 0.25) is 0 Å². The van der Waals surface area contributed by atoms with Crippen molar-refractivity contribution in [2.24, 2.45) is 11.8 Å². The SMILES string of the molecule is O=C([O-])C[C@@H]1CCN(C(=O)c2ccc(F)cc2)C[C@@H]1CC[NH+]1CCCCC1. The first-order valence-corrected chi connectivity index (χ1v) is 10.1. The molecule has 3 rings (SSSR count). The number of nitrogens with zero attached hydrogens (tertiary/aromatic N) is 1. The predicted octanol–water partition coefficient (Wildman–Crippen LogP) is 0.503. The number of amides is 1. The van der Waals surface area contributed by atoms with E-state index < -0.39 is 5.97 Å². The van der Waals surface area contributed by atoms with Gasteiger partial charge in [-0.05, 0) is 68.2 Å². The minimum atomic E-state index is -1.01. The number of quaternary nitrogens is 1. The van der Waals surface area contributed by atoms with Crippen LogP contribution in [0.3, 0.4) is 0 Å². The minimum absolute atomic E-state index is 0.0662. The van der Waals surface area contributed by atoms with Gasteiger partial charge in [0.15, 0.2) is 0 Å². The molecule has 0 aromatic heterocycles. The molecular formula is C21H29FN2O3. The first-order chi connectivity index (χ1) is 13.0. The van der Waals surface area contributed by atoms with Gasteiger partial charge in [0.05, 0.1) is 19.6 Å². The topological polar surface area (TPSA) is 64.9 Å². The Kier molecular flexibility index (Phi) is 6.83. The van der Waals surface area contributed by atoms with Crippen LogP contribution in [0.1, 0.15) is 48.9 Å². The third kappa shape index (κ3) is 5.51.